The Morgan fingerprint density at radius 1 is 1.38 bits per heavy atom. The second-order valence-electron chi connectivity index (χ2n) is 5.94. The lowest BCUT2D eigenvalue weighted by Crippen LogP contribution is -2.45. The third kappa shape index (κ3) is 7.27. The number of halogens is 1. The molecule has 0 aliphatic heterocycles. The van der Waals surface area contributed by atoms with Crippen LogP contribution in [-0.2, 0) is 6.54 Å². The molecule has 0 aliphatic carbocycles. The van der Waals surface area contributed by atoms with E-state index >= 15 is 0 Å². The smallest absolute Gasteiger partial charge is 0.123 e. The maximum atomic E-state index is 10.3. The van der Waals surface area contributed by atoms with Crippen LogP contribution in [0.5, 0.6) is 5.75 Å². The summed E-state index contributed by atoms with van der Waals surface area (Å²) >= 11 is 3.49. The number of nitrogens with one attached hydrogen (secondary N) is 1. The molecule has 0 amide bonds. The molecule has 0 heterocycles. The van der Waals surface area contributed by atoms with Gasteiger partial charge >= 0.3 is 0 Å². The van der Waals surface area contributed by atoms with Crippen molar-refractivity contribution in [2.24, 2.45) is 0 Å². The summed E-state index contributed by atoms with van der Waals surface area (Å²) in [6.45, 7) is 6.47. The van der Waals surface area contributed by atoms with Gasteiger partial charge in [0.2, 0.25) is 0 Å². The van der Waals surface area contributed by atoms with Crippen molar-refractivity contribution in [3.8, 4) is 5.75 Å². The number of likely N-dealkylation sites (N-methyl/N-ethyl adjacent to an activating group) is 1. The van der Waals surface area contributed by atoms with Crippen molar-refractivity contribution in [3.63, 3.8) is 0 Å². The van der Waals surface area contributed by atoms with Crippen LogP contribution in [-0.4, -0.2) is 49.4 Å². The third-order valence-corrected chi connectivity index (χ3v) is 3.46. The van der Waals surface area contributed by atoms with Crippen molar-refractivity contribution >= 4 is 15.9 Å². The fourth-order valence-corrected chi connectivity index (χ4v) is 2.65. The van der Waals surface area contributed by atoms with Gasteiger partial charge in [0.25, 0.3) is 0 Å². The average Bonchev–Trinajstić information content (AvgIpc) is 2.36. The SMILES string of the molecule is CCCOc1ccc(Br)cc1CNCC(C)(O)CN(C)C. The summed E-state index contributed by atoms with van der Waals surface area (Å²) in [5.41, 5.74) is 0.346. The molecule has 5 heteroatoms. The maximum Gasteiger partial charge on any atom is 0.123 e. The first kappa shape index (κ1) is 18.4. The van der Waals surface area contributed by atoms with Crippen molar-refractivity contribution in [1.29, 1.82) is 0 Å². The van der Waals surface area contributed by atoms with Crippen LogP contribution in [0.1, 0.15) is 25.8 Å². The highest BCUT2D eigenvalue weighted by Crippen LogP contribution is 2.23. The van der Waals surface area contributed by atoms with Crippen LogP contribution in [0.3, 0.4) is 0 Å². The molecule has 0 saturated heterocycles. The highest BCUT2D eigenvalue weighted by molar-refractivity contribution is 9.10. The Labute approximate surface area is 136 Å². The Bertz CT molecular complexity index is 436. The minimum absolute atomic E-state index is 0.533. The second-order valence-corrected chi connectivity index (χ2v) is 6.85. The minimum atomic E-state index is -0.750. The van der Waals surface area contributed by atoms with E-state index < -0.39 is 5.60 Å². The predicted octanol–water partition coefficient (Wildman–Crippen LogP) is 2.64. The van der Waals surface area contributed by atoms with Crippen molar-refractivity contribution in [3.05, 3.63) is 28.2 Å². The van der Waals surface area contributed by atoms with Gasteiger partial charge in [0.05, 0.1) is 12.2 Å². The normalized spacial score (nSPS) is 14.2. The first-order valence-corrected chi connectivity index (χ1v) is 8.12. The van der Waals surface area contributed by atoms with Crippen LogP contribution in [0.25, 0.3) is 0 Å². The first-order valence-electron chi connectivity index (χ1n) is 7.33. The van der Waals surface area contributed by atoms with E-state index in [-0.39, 0.29) is 0 Å². The van der Waals surface area contributed by atoms with Gasteiger partial charge in [-0.1, -0.05) is 22.9 Å². The van der Waals surface area contributed by atoms with Gasteiger partial charge in [-0.05, 0) is 45.6 Å². The molecule has 1 rings (SSSR count). The molecular weight excluding hydrogens is 332 g/mol. The quantitative estimate of drug-likeness (QED) is 0.712. The molecule has 1 unspecified atom stereocenters. The standard InChI is InChI=1S/C16H27BrN2O2/c1-5-8-21-15-7-6-14(17)9-13(15)10-18-11-16(2,20)12-19(3)4/h6-7,9,18,20H,5,8,10-12H2,1-4H3. The summed E-state index contributed by atoms with van der Waals surface area (Å²) in [7, 11) is 3.92. The molecule has 4 nitrogen and oxygen atoms in total. The average molecular weight is 359 g/mol. The fourth-order valence-electron chi connectivity index (χ4n) is 2.24. The summed E-state index contributed by atoms with van der Waals surface area (Å²) in [6, 6.07) is 6.02. The zero-order valence-electron chi connectivity index (χ0n) is 13.4. The lowest BCUT2D eigenvalue weighted by molar-refractivity contribution is 0.0335. The number of hydrogen-bond donors (Lipinski definition) is 2. The Morgan fingerprint density at radius 2 is 2.10 bits per heavy atom. The van der Waals surface area contributed by atoms with E-state index in [0.29, 0.717) is 26.2 Å². The van der Waals surface area contributed by atoms with Gasteiger partial charge in [0, 0.05) is 29.7 Å². The number of ether oxygens (including phenoxy) is 1. The molecular formula is C16H27BrN2O2. The van der Waals surface area contributed by atoms with Crippen molar-refractivity contribution in [1.82, 2.24) is 10.2 Å². The Hall–Kier alpha value is -0.620. The van der Waals surface area contributed by atoms with E-state index in [4.69, 9.17) is 4.74 Å². The zero-order valence-corrected chi connectivity index (χ0v) is 15.0. The number of rotatable bonds is 9. The van der Waals surface area contributed by atoms with Gasteiger partial charge in [-0.2, -0.15) is 0 Å². The largest absolute Gasteiger partial charge is 0.493 e. The molecule has 0 aromatic heterocycles. The summed E-state index contributed by atoms with van der Waals surface area (Å²) in [5.74, 6) is 0.903. The molecule has 1 aromatic rings. The highest BCUT2D eigenvalue weighted by Gasteiger charge is 2.20. The Balaban J connectivity index is 2.59. The molecule has 0 aliphatic rings. The van der Waals surface area contributed by atoms with Crippen LogP contribution >= 0.6 is 15.9 Å². The van der Waals surface area contributed by atoms with Gasteiger partial charge in [-0.3, -0.25) is 0 Å². The van der Waals surface area contributed by atoms with Crippen LogP contribution < -0.4 is 10.1 Å². The first-order chi connectivity index (χ1) is 9.84. The third-order valence-electron chi connectivity index (χ3n) is 2.96. The summed E-state index contributed by atoms with van der Waals surface area (Å²) in [4.78, 5) is 1.98. The topological polar surface area (TPSA) is 44.7 Å². The van der Waals surface area contributed by atoms with E-state index in [1.165, 1.54) is 0 Å². The van der Waals surface area contributed by atoms with Crippen LogP contribution in [0, 0.1) is 0 Å². The zero-order chi connectivity index (χ0) is 15.9. The molecule has 21 heavy (non-hydrogen) atoms. The maximum absolute atomic E-state index is 10.3. The lowest BCUT2D eigenvalue weighted by atomic mass is 10.1. The Kier molecular flexibility index (Phi) is 7.66. The molecule has 120 valence electrons. The van der Waals surface area contributed by atoms with E-state index in [1.807, 2.05) is 38.1 Å². The van der Waals surface area contributed by atoms with E-state index in [1.54, 1.807) is 0 Å². The number of hydrogen-bond acceptors (Lipinski definition) is 4. The van der Waals surface area contributed by atoms with Crippen molar-refractivity contribution in [2.45, 2.75) is 32.4 Å². The van der Waals surface area contributed by atoms with Crippen LogP contribution in [0.4, 0.5) is 0 Å². The lowest BCUT2D eigenvalue weighted by Gasteiger charge is -2.27. The fraction of sp³-hybridized carbons (Fsp3) is 0.625. The van der Waals surface area contributed by atoms with Gasteiger partial charge in [0.1, 0.15) is 5.75 Å². The van der Waals surface area contributed by atoms with E-state index in [2.05, 4.69) is 34.2 Å². The highest BCUT2D eigenvalue weighted by atomic mass is 79.9. The number of benzene rings is 1. The summed E-state index contributed by atoms with van der Waals surface area (Å²) < 4.78 is 6.79. The molecule has 0 fully saturated rings. The predicted molar refractivity (Wildman–Crippen MR) is 90.8 cm³/mol. The van der Waals surface area contributed by atoms with E-state index in [9.17, 15) is 5.11 Å². The second kappa shape index (κ2) is 8.73. The van der Waals surface area contributed by atoms with Crippen LogP contribution in [0.15, 0.2) is 22.7 Å². The Morgan fingerprint density at radius 3 is 2.71 bits per heavy atom. The van der Waals surface area contributed by atoms with Gasteiger partial charge in [0.15, 0.2) is 0 Å². The van der Waals surface area contributed by atoms with Crippen molar-refractivity contribution < 1.29 is 9.84 Å². The monoisotopic (exact) mass is 358 g/mol. The molecule has 1 atom stereocenters. The minimum Gasteiger partial charge on any atom is -0.493 e. The summed E-state index contributed by atoms with van der Waals surface area (Å²) in [5, 5.41) is 13.6. The molecule has 1 aromatic carbocycles. The van der Waals surface area contributed by atoms with Crippen LogP contribution in [0.2, 0.25) is 0 Å². The van der Waals surface area contributed by atoms with Crippen molar-refractivity contribution in [2.75, 3.05) is 33.8 Å². The van der Waals surface area contributed by atoms with Gasteiger partial charge in [-0.15, -0.1) is 0 Å². The van der Waals surface area contributed by atoms with Gasteiger partial charge in [-0.25, -0.2) is 0 Å². The molecule has 0 saturated carbocycles. The summed E-state index contributed by atoms with van der Waals surface area (Å²) in [6.07, 6.45) is 0.987. The number of aliphatic hydroxyl groups is 1. The molecule has 0 radical (unpaired) electrons. The molecule has 2 N–H and O–H groups in total. The molecule has 0 spiro atoms. The molecule has 0 bridgehead atoms. The van der Waals surface area contributed by atoms with Gasteiger partial charge < -0.3 is 20.1 Å². The number of nitrogens with zero attached hydrogens (tertiary/aromatic N) is 1. The van der Waals surface area contributed by atoms with E-state index in [0.717, 1.165) is 22.2 Å².